The van der Waals surface area contributed by atoms with Gasteiger partial charge in [-0.15, -0.1) is 0 Å². The van der Waals surface area contributed by atoms with Crippen LogP contribution in [0.5, 0.6) is 0 Å². The molecule has 114 valence electrons. The number of hydrogen-bond donors (Lipinski definition) is 0. The van der Waals surface area contributed by atoms with Crippen molar-refractivity contribution in [1.82, 2.24) is 4.98 Å². The molecule has 23 heavy (non-hydrogen) atoms. The molecule has 0 bridgehead atoms. The standard InChI is InChI=1S/C20H19N2O/c1-13(2)14-9-11-22(3)18(12-14)17-7-4-6-15-16-8-5-10-21-20(16)23-19(15)17/h4-13H,1-3H3/q+1. The average molecular weight is 303 g/mol. The topological polar surface area (TPSA) is 29.9 Å². The fourth-order valence-electron chi connectivity index (χ4n) is 3.05. The van der Waals surface area contributed by atoms with Gasteiger partial charge < -0.3 is 4.42 Å². The SMILES string of the molecule is CC(C)c1cc[n+](C)c(-c2cccc3c2oc2ncccc23)c1. The Morgan fingerprint density at radius 2 is 1.87 bits per heavy atom. The largest absolute Gasteiger partial charge is 0.437 e. The lowest BCUT2D eigenvalue weighted by Gasteiger charge is -2.07. The third kappa shape index (κ3) is 2.20. The normalized spacial score (nSPS) is 11.7. The van der Waals surface area contributed by atoms with E-state index in [1.807, 2.05) is 6.07 Å². The van der Waals surface area contributed by atoms with Gasteiger partial charge in [0.25, 0.3) is 0 Å². The number of benzene rings is 1. The molecule has 3 heteroatoms. The fraction of sp³-hybridized carbons (Fsp3) is 0.200. The number of pyridine rings is 2. The van der Waals surface area contributed by atoms with E-state index in [4.69, 9.17) is 4.42 Å². The third-order valence-corrected chi connectivity index (χ3v) is 4.39. The maximum absolute atomic E-state index is 6.07. The number of aromatic nitrogens is 2. The fourth-order valence-corrected chi connectivity index (χ4v) is 3.05. The molecule has 0 amide bonds. The van der Waals surface area contributed by atoms with E-state index in [1.54, 1.807) is 6.20 Å². The molecule has 0 aliphatic rings. The molecule has 4 rings (SSSR count). The predicted octanol–water partition coefficient (Wildman–Crippen LogP) is 4.60. The minimum Gasteiger partial charge on any atom is -0.437 e. The van der Waals surface area contributed by atoms with Crippen LogP contribution in [0.25, 0.3) is 33.3 Å². The van der Waals surface area contributed by atoms with Gasteiger partial charge in [0.15, 0.2) is 11.8 Å². The number of nitrogens with zero attached hydrogens (tertiary/aromatic N) is 2. The summed E-state index contributed by atoms with van der Waals surface area (Å²) in [6.45, 7) is 4.43. The third-order valence-electron chi connectivity index (χ3n) is 4.39. The molecular weight excluding hydrogens is 284 g/mol. The molecule has 0 aliphatic carbocycles. The van der Waals surface area contributed by atoms with Gasteiger partial charge in [-0.05, 0) is 29.7 Å². The van der Waals surface area contributed by atoms with Gasteiger partial charge >= 0.3 is 0 Å². The van der Waals surface area contributed by atoms with E-state index in [1.165, 1.54) is 5.56 Å². The van der Waals surface area contributed by atoms with Crippen LogP contribution in [-0.4, -0.2) is 4.98 Å². The Balaban J connectivity index is 2.04. The Hall–Kier alpha value is -2.68. The zero-order valence-corrected chi connectivity index (χ0v) is 13.6. The summed E-state index contributed by atoms with van der Waals surface area (Å²) < 4.78 is 8.21. The summed E-state index contributed by atoms with van der Waals surface area (Å²) in [6.07, 6.45) is 3.88. The van der Waals surface area contributed by atoms with Crippen LogP contribution in [0, 0.1) is 0 Å². The Morgan fingerprint density at radius 3 is 2.70 bits per heavy atom. The Kier molecular flexibility index (Phi) is 3.15. The molecule has 0 fully saturated rings. The van der Waals surface area contributed by atoms with Gasteiger partial charge in [0.1, 0.15) is 7.05 Å². The van der Waals surface area contributed by atoms with Gasteiger partial charge in [-0.3, -0.25) is 0 Å². The van der Waals surface area contributed by atoms with Gasteiger partial charge in [0.05, 0.1) is 5.56 Å². The molecular formula is C20H19N2O+. The van der Waals surface area contributed by atoms with E-state index in [0.717, 1.165) is 27.6 Å². The highest BCUT2D eigenvalue weighted by atomic mass is 16.3. The van der Waals surface area contributed by atoms with Crippen molar-refractivity contribution >= 4 is 22.1 Å². The molecule has 0 radical (unpaired) electrons. The van der Waals surface area contributed by atoms with Crippen LogP contribution in [0.15, 0.2) is 59.3 Å². The Bertz CT molecular complexity index is 1010. The minimum absolute atomic E-state index is 0.492. The molecule has 0 saturated carbocycles. The van der Waals surface area contributed by atoms with Crippen LogP contribution in [-0.2, 0) is 7.05 Å². The number of rotatable bonds is 2. The maximum Gasteiger partial charge on any atom is 0.227 e. The van der Waals surface area contributed by atoms with Crippen LogP contribution < -0.4 is 4.57 Å². The average Bonchev–Trinajstić information content (AvgIpc) is 2.94. The van der Waals surface area contributed by atoms with Gasteiger partial charge in [-0.2, -0.15) is 0 Å². The minimum atomic E-state index is 0.492. The summed E-state index contributed by atoms with van der Waals surface area (Å²) in [7, 11) is 2.07. The zero-order chi connectivity index (χ0) is 16.0. The van der Waals surface area contributed by atoms with E-state index < -0.39 is 0 Å². The summed E-state index contributed by atoms with van der Waals surface area (Å²) in [5.41, 5.74) is 5.17. The first-order chi connectivity index (χ1) is 11.1. The van der Waals surface area contributed by atoms with E-state index in [2.05, 4.69) is 73.0 Å². The highest BCUT2D eigenvalue weighted by Gasteiger charge is 2.19. The smallest absolute Gasteiger partial charge is 0.227 e. The summed E-state index contributed by atoms with van der Waals surface area (Å²) in [6, 6.07) is 14.7. The molecule has 0 N–H and O–H groups in total. The van der Waals surface area contributed by atoms with Crippen molar-refractivity contribution in [2.75, 3.05) is 0 Å². The molecule has 4 aromatic rings. The van der Waals surface area contributed by atoms with E-state index in [-0.39, 0.29) is 0 Å². The highest BCUT2D eigenvalue weighted by Crippen LogP contribution is 2.34. The molecule has 0 spiro atoms. The van der Waals surface area contributed by atoms with E-state index >= 15 is 0 Å². The number of furan rings is 1. The predicted molar refractivity (Wildman–Crippen MR) is 92.2 cm³/mol. The number of para-hydroxylation sites is 1. The van der Waals surface area contributed by atoms with Crippen molar-refractivity contribution < 1.29 is 8.98 Å². The van der Waals surface area contributed by atoms with Crippen molar-refractivity contribution in [3.63, 3.8) is 0 Å². The highest BCUT2D eigenvalue weighted by molar-refractivity contribution is 6.07. The first-order valence-corrected chi connectivity index (χ1v) is 7.91. The van der Waals surface area contributed by atoms with Crippen LogP contribution in [0.3, 0.4) is 0 Å². The second kappa shape index (κ2) is 5.20. The van der Waals surface area contributed by atoms with Gasteiger partial charge in [0.2, 0.25) is 11.4 Å². The van der Waals surface area contributed by atoms with Crippen molar-refractivity contribution in [3.05, 3.63) is 60.4 Å². The number of aryl methyl sites for hydroxylation is 1. The molecule has 0 unspecified atom stereocenters. The molecule has 0 saturated heterocycles. The second-order valence-corrected chi connectivity index (χ2v) is 6.25. The summed E-state index contributed by atoms with van der Waals surface area (Å²) in [5, 5.41) is 2.17. The second-order valence-electron chi connectivity index (χ2n) is 6.25. The lowest BCUT2D eigenvalue weighted by atomic mass is 10.00. The van der Waals surface area contributed by atoms with Crippen LogP contribution in [0.1, 0.15) is 25.3 Å². The Morgan fingerprint density at radius 1 is 1.04 bits per heavy atom. The lowest BCUT2D eigenvalue weighted by Crippen LogP contribution is -2.30. The van der Waals surface area contributed by atoms with E-state index in [0.29, 0.717) is 11.6 Å². The molecule has 3 aromatic heterocycles. The molecule has 3 heterocycles. The maximum atomic E-state index is 6.07. The molecule has 0 aliphatic heterocycles. The lowest BCUT2D eigenvalue weighted by molar-refractivity contribution is -0.660. The number of hydrogen-bond acceptors (Lipinski definition) is 2. The first kappa shape index (κ1) is 13.9. The summed E-state index contributed by atoms with van der Waals surface area (Å²) in [5.74, 6) is 0.492. The quantitative estimate of drug-likeness (QED) is 0.507. The Labute approximate surface area is 135 Å². The summed E-state index contributed by atoms with van der Waals surface area (Å²) in [4.78, 5) is 4.35. The van der Waals surface area contributed by atoms with Crippen LogP contribution in [0.4, 0.5) is 0 Å². The van der Waals surface area contributed by atoms with Crippen molar-refractivity contribution in [3.8, 4) is 11.3 Å². The van der Waals surface area contributed by atoms with Crippen LogP contribution in [0.2, 0.25) is 0 Å². The van der Waals surface area contributed by atoms with Crippen LogP contribution >= 0.6 is 0 Å². The molecule has 0 atom stereocenters. The molecule has 3 nitrogen and oxygen atoms in total. The van der Waals surface area contributed by atoms with Gasteiger partial charge in [0, 0.05) is 29.1 Å². The number of fused-ring (bicyclic) bond motifs is 3. The van der Waals surface area contributed by atoms with Crippen molar-refractivity contribution in [1.29, 1.82) is 0 Å². The summed E-state index contributed by atoms with van der Waals surface area (Å²) >= 11 is 0. The monoisotopic (exact) mass is 303 g/mol. The van der Waals surface area contributed by atoms with Gasteiger partial charge in [-0.1, -0.05) is 26.0 Å². The van der Waals surface area contributed by atoms with Crippen molar-refractivity contribution in [2.24, 2.45) is 7.05 Å². The zero-order valence-electron chi connectivity index (χ0n) is 13.6. The molecule has 1 aromatic carbocycles. The van der Waals surface area contributed by atoms with Gasteiger partial charge in [-0.25, -0.2) is 9.55 Å². The van der Waals surface area contributed by atoms with E-state index in [9.17, 15) is 0 Å². The van der Waals surface area contributed by atoms with Crippen molar-refractivity contribution in [2.45, 2.75) is 19.8 Å². The first-order valence-electron chi connectivity index (χ1n) is 7.91.